The molecule has 1 fully saturated rings. The molecule has 2 heterocycles. The number of benzene rings is 2. The van der Waals surface area contributed by atoms with Gasteiger partial charge in [0.05, 0.1) is 24.4 Å². The van der Waals surface area contributed by atoms with Gasteiger partial charge in [0.1, 0.15) is 0 Å². The Morgan fingerprint density at radius 2 is 1.89 bits per heavy atom. The summed E-state index contributed by atoms with van der Waals surface area (Å²) in [5.41, 5.74) is 1.84. The van der Waals surface area contributed by atoms with Crippen molar-refractivity contribution in [3.63, 3.8) is 0 Å². The zero-order valence-corrected chi connectivity index (χ0v) is 20.2. The van der Waals surface area contributed by atoms with Crippen LogP contribution in [0.1, 0.15) is 42.1 Å². The number of ether oxygens (including phenoxy) is 1. The minimum absolute atomic E-state index is 0.0386. The number of alkyl halides is 3. The molecule has 3 aliphatic rings. The van der Waals surface area contributed by atoms with Crippen LogP contribution in [0.5, 0.6) is 0 Å². The lowest BCUT2D eigenvalue weighted by Crippen LogP contribution is -2.48. The van der Waals surface area contributed by atoms with Crippen molar-refractivity contribution in [2.24, 2.45) is 11.8 Å². The topological polar surface area (TPSA) is 44.7 Å². The van der Waals surface area contributed by atoms with Gasteiger partial charge in [-0.05, 0) is 43.0 Å². The van der Waals surface area contributed by atoms with E-state index in [1.165, 1.54) is 6.07 Å². The summed E-state index contributed by atoms with van der Waals surface area (Å²) in [6.45, 7) is 1.86. The summed E-state index contributed by atoms with van der Waals surface area (Å²) < 4.78 is 47.4. The van der Waals surface area contributed by atoms with E-state index in [2.05, 4.69) is 40.6 Å². The summed E-state index contributed by atoms with van der Waals surface area (Å²) in [5.74, 6) is 0.348. The van der Waals surface area contributed by atoms with Gasteiger partial charge in [-0.3, -0.25) is 4.90 Å². The summed E-state index contributed by atoms with van der Waals surface area (Å²) in [6.07, 6.45) is 6.10. The number of allylic oxidation sites excluding steroid dienone is 3. The summed E-state index contributed by atoms with van der Waals surface area (Å²) >= 11 is 0. The number of aliphatic hydroxyl groups is 1. The number of fused-ring (bicyclic) bond motifs is 3. The van der Waals surface area contributed by atoms with Crippen LogP contribution >= 0.6 is 0 Å². The highest BCUT2D eigenvalue weighted by atomic mass is 19.4. The van der Waals surface area contributed by atoms with Gasteiger partial charge in [0.2, 0.25) is 0 Å². The van der Waals surface area contributed by atoms with Crippen LogP contribution in [0.25, 0.3) is 0 Å². The van der Waals surface area contributed by atoms with Crippen LogP contribution in [0.4, 0.5) is 18.9 Å². The predicted octanol–water partition coefficient (Wildman–Crippen LogP) is 5.96. The molecule has 1 saturated heterocycles. The average molecular weight is 499 g/mol. The Morgan fingerprint density at radius 1 is 1.06 bits per heavy atom. The van der Waals surface area contributed by atoms with E-state index in [4.69, 9.17) is 4.74 Å². The van der Waals surface area contributed by atoms with Gasteiger partial charge < -0.3 is 15.2 Å². The highest BCUT2D eigenvalue weighted by Gasteiger charge is 2.45. The predicted molar refractivity (Wildman–Crippen MR) is 134 cm³/mol. The highest BCUT2D eigenvalue weighted by Crippen LogP contribution is 2.49. The van der Waals surface area contributed by atoms with Crippen LogP contribution < -0.4 is 5.32 Å². The molecular formula is C29H33F3N2O2. The molecule has 7 heteroatoms. The molecule has 5 atom stereocenters. The van der Waals surface area contributed by atoms with E-state index in [9.17, 15) is 18.3 Å². The number of aliphatic hydroxyl groups excluding tert-OH is 1. The smallest absolute Gasteiger partial charge is 0.395 e. The molecule has 0 radical (unpaired) electrons. The van der Waals surface area contributed by atoms with E-state index in [1.54, 1.807) is 6.07 Å². The van der Waals surface area contributed by atoms with E-state index in [0.29, 0.717) is 25.2 Å². The van der Waals surface area contributed by atoms with Gasteiger partial charge in [0.15, 0.2) is 0 Å². The third-order valence-corrected chi connectivity index (χ3v) is 7.62. The first kappa shape index (κ1) is 25.1. The standard InChI is InChI=1S/C29H33F3N2O2/c30-29(31,32)22-11-14-26-25(17-22)28-24(27(33-26)21-9-5-2-6-10-21)13-12-23(36-28)19-34(15-16-35)18-20-7-3-1-4-8-20/h1-9,11,14,17,21,23-24,27-28,33,35H,10,12-13,15-16,18-19H2/t21?,23-,24+,27+,28+/m1/s1. The number of hydrogen-bond acceptors (Lipinski definition) is 4. The number of nitrogens with zero attached hydrogens (tertiary/aromatic N) is 1. The largest absolute Gasteiger partial charge is 0.416 e. The number of halogens is 3. The number of hydrogen-bond donors (Lipinski definition) is 2. The zero-order chi connectivity index (χ0) is 25.1. The van der Waals surface area contributed by atoms with Crippen molar-refractivity contribution in [2.45, 2.75) is 50.2 Å². The zero-order valence-electron chi connectivity index (χ0n) is 20.2. The van der Waals surface area contributed by atoms with Gasteiger partial charge in [0.25, 0.3) is 0 Å². The number of nitrogens with one attached hydrogen (secondary N) is 1. The lowest BCUT2D eigenvalue weighted by Gasteiger charge is -2.48. The van der Waals surface area contributed by atoms with Gasteiger partial charge >= 0.3 is 6.18 Å². The molecular weight excluding hydrogens is 465 g/mol. The van der Waals surface area contributed by atoms with Crippen molar-refractivity contribution in [1.29, 1.82) is 0 Å². The van der Waals surface area contributed by atoms with E-state index in [0.717, 1.165) is 36.6 Å². The first-order valence-electron chi connectivity index (χ1n) is 12.8. The minimum Gasteiger partial charge on any atom is -0.395 e. The number of anilines is 1. The van der Waals surface area contributed by atoms with Gasteiger partial charge in [-0.2, -0.15) is 13.2 Å². The molecule has 0 aromatic heterocycles. The second-order valence-electron chi connectivity index (χ2n) is 10.0. The molecule has 2 aromatic rings. The quantitative estimate of drug-likeness (QED) is 0.494. The molecule has 2 aromatic carbocycles. The Balaban J connectivity index is 1.40. The Hall–Kier alpha value is -2.61. The maximum Gasteiger partial charge on any atom is 0.416 e. The number of rotatable bonds is 7. The second kappa shape index (κ2) is 10.8. The summed E-state index contributed by atoms with van der Waals surface area (Å²) in [6, 6.07) is 14.2. The van der Waals surface area contributed by atoms with Crippen molar-refractivity contribution < 1.29 is 23.0 Å². The first-order valence-corrected chi connectivity index (χ1v) is 12.8. The highest BCUT2D eigenvalue weighted by molar-refractivity contribution is 5.58. The fourth-order valence-electron chi connectivity index (χ4n) is 5.90. The second-order valence-corrected chi connectivity index (χ2v) is 10.0. The van der Waals surface area contributed by atoms with E-state index < -0.39 is 17.8 Å². The van der Waals surface area contributed by atoms with Gasteiger partial charge in [-0.1, -0.05) is 54.6 Å². The third-order valence-electron chi connectivity index (χ3n) is 7.62. The lowest BCUT2D eigenvalue weighted by atomic mass is 9.73. The molecule has 0 saturated carbocycles. The molecule has 5 rings (SSSR count). The van der Waals surface area contributed by atoms with Crippen molar-refractivity contribution in [2.75, 3.05) is 25.0 Å². The fourth-order valence-corrected chi connectivity index (χ4v) is 5.90. The Morgan fingerprint density at radius 3 is 2.61 bits per heavy atom. The van der Waals surface area contributed by atoms with Gasteiger partial charge in [-0.15, -0.1) is 0 Å². The molecule has 0 amide bonds. The first-order chi connectivity index (χ1) is 17.4. The van der Waals surface area contributed by atoms with Crippen molar-refractivity contribution >= 4 is 5.69 Å². The normalized spacial score (nSPS) is 27.4. The maximum atomic E-state index is 13.6. The summed E-state index contributed by atoms with van der Waals surface area (Å²) in [4.78, 5) is 2.17. The van der Waals surface area contributed by atoms with Crippen molar-refractivity contribution in [3.8, 4) is 0 Å². The Kier molecular flexibility index (Phi) is 7.51. The van der Waals surface area contributed by atoms with E-state index >= 15 is 0 Å². The van der Waals surface area contributed by atoms with Crippen LogP contribution in [0, 0.1) is 11.8 Å². The monoisotopic (exact) mass is 498 g/mol. The SMILES string of the molecule is OCCN(Cc1ccccc1)C[C@H]1CC[C@@H]2[C@H](O1)c1cc(C(F)(F)F)ccc1N[C@H]2C1C=CC=CC1. The van der Waals surface area contributed by atoms with Gasteiger partial charge in [-0.25, -0.2) is 0 Å². The summed E-state index contributed by atoms with van der Waals surface area (Å²) in [7, 11) is 0. The Bertz CT molecular complexity index is 1090. The van der Waals surface area contributed by atoms with E-state index in [-0.39, 0.29) is 30.6 Å². The van der Waals surface area contributed by atoms with Crippen LogP contribution in [0.2, 0.25) is 0 Å². The molecule has 192 valence electrons. The van der Waals surface area contributed by atoms with E-state index in [1.807, 2.05) is 24.3 Å². The molecule has 0 spiro atoms. The minimum atomic E-state index is -4.40. The van der Waals surface area contributed by atoms with Crippen molar-refractivity contribution in [3.05, 3.63) is 89.5 Å². The Labute approximate surface area is 210 Å². The summed E-state index contributed by atoms with van der Waals surface area (Å²) in [5, 5.41) is 13.2. The van der Waals surface area contributed by atoms with Crippen LogP contribution in [-0.4, -0.2) is 41.8 Å². The molecule has 2 N–H and O–H groups in total. The molecule has 0 bridgehead atoms. The average Bonchev–Trinajstić information content (AvgIpc) is 2.88. The maximum absolute atomic E-state index is 13.6. The van der Waals surface area contributed by atoms with Crippen LogP contribution in [0.15, 0.2) is 72.8 Å². The van der Waals surface area contributed by atoms with Crippen LogP contribution in [-0.2, 0) is 17.5 Å². The fraction of sp³-hybridized carbons (Fsp3) is 0.448. The molecule has 2 aliphatic heterocycles. The van der Waals surface area contributed by atoms with Gasteiger partial charge in [0, 0.05) is 48.8 Å². The lowest BCUT2D eigenvalue weighted by molar-refractivity contribution is -0.138. The third kappa shape index (κ3) is 5.53. The molecule has 36 heavy (non-hydrogen) atoms. The van der Waals surface area contributed by atoms with Crippen molar-refractivity contribution in [1.82, 2.24) is 4.90 Å². The molecule has 1 aliphatic carbocycles. The van der Waals surface area contributed by atoms with Crippen LogP contribution in [0.3, 0.4) is 0 Å². The molecule has 4 nitrogen and oxygen atoms in total. The molecule has 1 unspecified atom stereocenters.